The van der Waals surface area contributed by atoms with E-state index in [0.717, 1.165) is 16.7 Å². The minimum Gasteiger partial charge on any atom is -0.420 e. The largest absolute Gasteiger partial charge is 0.487 e. The van der Waals surface area contributed by atoms with E-state index in [1.807, 2.05) is 0 Å². The molecule has 28 heavy (non-hydrogen) atoms. The van der Waals surface area contributed by atoms with Crippen molar-refractivity contribution in [3.8, 4) is 5.75 Å². The monoisotopic (exact) mass is 473 g/mol. The van der Waals surface area contributed by atoms with E-state index in [1.165, 1.54) is 30.5 Å². The Labute approximate surface area is 172 Å². The van der Waals surface area contributed by atoms with Gasteiger partial charge in [0.1, 0.15) is 11.6 Å². The number of hydrogen-bond donors (Lipinski definition) is 1. The van der Waals surface area contributed by atoms with Crippen molar-refractivity contribution >= 4 is 44.9 Å². The summed E-state index contributed by atoms with van der Waals surface area (Å²) in [6.07, 6.45) is 2.60. The minimum absolute atomic E-state index is 0.115. The van der Waals surface area contributed by atoms with E-state index in [-0.39, 0.29) is 11.7 Å². The van der Waals surface area contributed by atoms with Crippen LogP contribution in [0, 0.1) is 0 Å². The van der Waals surface area contributed by atoms with Crippen LogP contribution in [0.3, 0.4) is 0 Å². The summed E-state index contributed by atoms with van der Waals surface area (Å²) >= 11 is 8.22. The van der Waals surface area contributed by atoms with Crippen molar-refractivity contribution in [2.45, 2.75) is 24.1 Å². The van der Waals surface area contributed by atoms with E-state index in [2.05, 4.69) is 35.9 Å². The van der Waals surface area contributed by atoms with E-state index in [4.69, 9.17) is 16.3 Å². The number of carbonyl (C=O) groups excluding carboxylic acids is 1. The number of nitrogens with zero attached hydrogens (tertiary/aromatic N) is 2. The van der Waals surface area contributed by atoms with Gasteiger partial charge in [-0.2, -0.15) is 0 Å². The Morgan fingerprint density at radius 3 is 2.57 bits per heavy atom. The number of amides is 1. The molecule has 0 spiro atoms. The topological polar surface area (TPSA) is 63.7 Å². The van der Waals surface area contributed by atoms with Crippen LogP contribution < -0.4 is 15.0 Å². The molecule has 6 nitrogen and oxygen atoms in total. The van der Waals surface area contributed by atoms with Crippen LogP contribution in [-0.2, 0) is 4.74 Å². The van der Waals surface area contributed by atoms with Crippen molar-refractivity contribution in [3.05, 3.63) is 46.6 Å². The average molecular weight is 475 g/mol. The fourth-order valence-corrected chi connectivity index (χ4v) is 4.01. The Morgan fingerprint density at radius 2 is 2.00 bits per heavy atom. The number of hydrogen-bond acceptors (Lipinski definition) is 5. The van der Waals surface area contributed by atoms with E-state index in [0.29, 0.717) is 36.5 Å². The number of aromatic nitrogens is 1. The van der Waals surface area contributed by atoms with Gasteiger partial charge in [0.05, 0.1) is 35.3 Å². The zero-order valence-corrected chi connectivity index (χ0v) is 16.7. The Morgan fingerprint density at radius 1 is 1.32 bits per heavy atom. The standard InChI is InChI=1S/C18H15BrClF2N3O3/c19-15-5-10(7-23-16(15)25-12-6-13(25)9-27-8-12)17(26)24-11-1-3-14(4-2-11)28-18(20,21)22/h1-5,7,12-13H,6,8-9H2,(H,24,26). The first-order chi connectivity index (χ1) is 13.3. The van der Waals surface area contributed by atoms with Crippen LogP contribution in [0.1, 0.15) is 16.8 Å². The Bertz CT molecular complexity index is 881. The molecule has 3 heterocycles. The molecule has 4 rings (SSSR count). The van der Waals surface area contributed by atoms with Gasteiger partial charge in [0.25, 0.3) is 5.91 Å². The molecule has 2 atom stereocenters. The van der Waals surface area contributed by atoms with Gasteiger partial charge in [-0.15, -0.1) is 8.78 Å². The van der Waals surface area contributed by atoms with Gasteiger partial charge in [-0.05, 0) is 52.7 Å². The van der Waals surface area contributed by atoms with Crippen LogP contribution in [0.15, 0.2) is 41.0 Å². The first-order valence-corrected chi connectivity index (χ1v) is 9.66. The highest BCUT2D eigenvalue weighted by molar-refractivity contribution is 9.10. The number of ether oxygens (including phenoxy) is 2. The van der Waals surface area contributed by atoms with E-state index < -0.39 is 5.57 Å². The molecular formula is C18H15BrClF2N3O3. The summed E-state index contributed by atoms with van der Waals surface area (Å²) < 4.78 is 35.7. The minimum atomic E-state index is -3.79. The molecule has 1 amide bonds. The Hall–Kier alpha value is -1.97. The van der Waals surface area contributed by atoms with Gasteiger partial charge in [0.15, 0.2) is 0 Å². The third kappa shape index (κ3) is 4.06. The average Bonchev–Trinajstić information content (AvgIpc) is 2.64. The molecule has 0 radical (unpaired) electrons. The summed E-state index contributed by atoms with van der Waals surface area (Å²) in [4.78, 5) is 19.1. The van der Waals surface area contributed by atoms with Gasteiger partial charge in [-0.25, -0.2) is 4.98 Å². The van der Waals surface area contributed by atoms with Crippen molar-refractivity contribution < 1.29 is 23.0 Å². The lowest BCUT2D eigenvalue weighted by molar-refractivity contribution is -0.0964. The quantitative estimate of drug-likeness (QED) is 0.657. The SMILES string of the molecule is O=C(Nc1ccc(OC(F)(F)Cl)cc1)c1cnc(N2C3COCC2C3)c(Br)c1. The number of carbonyl (C=O) groups is 1. The Balaban J connectivity index is 1.43. The highest BCUT2D eigenvalue weighted by atomic mass is 79.9. The molecular weight excluding hydrogens is 460 g/mol. The summed E-state index contributed by atoms with van der Waals surface area (Å²) in [5.41, 5.74) is -3.00. The number of benzene rings is 1. The lowest BCUT2D eigenvalue weighted by Crippen LogP contribution is -2.64. The molecule has 2 fully saturated rings. The van der Waals surface area contributed by atoms with Crippen LogP contribution in [0.4, 0.5) is 20.3 Å². The number of alkyl halides is 3. The summed E-state index contributed by atoms with van der Waals surface area (Å²) in [7, 11) is 0. The van der Waals surface area contributed by atoms with Crippen molar-refractivity contribution in [3.63, 3.8) is 0 Å². The number of fused-ring (bicyclic) bond motifs is 2. The maximum absolute atomic E-state index is 12.6. The third-order valence-corrected chi connectivity index (χ3v) is 5.29. The van der Waals surface area contributed by atoms with Crippen LogP contribution in [0.25, 0.3) is 0 Å². The van der Waals surface area contributed by atoms with Gasteiger partial charge in [0.2, 0.25) is 0 Å². The molecule has 0 saturated carbocycles. The second-order valence-electron chi connectivity index (χ2n) is 6.54. The summed E-state index contributed by atoms with van der Waals surface area (Å²) in [6.45, 7) is 1.37. The highest BCUT2D eigenvalue weighted by Crippen LogP contribution is 2.38. The van der Waals surface area contributed by atoms with Crippen LogP contribution in [0.2, 0.25) is 0 Å². The fraction of sp³-hybridized carbons (Fsp3) is 0.333. The van der Waals surface area contributed by atoms with Gasteiger partial charge in [-0.3, -0.25) is 4.79 Å². The first kappa shape index (κ1) is 19.4. The summed E-state index contributed by atoms with van der Waals surface area (Å²) in [5, 5.41) is 2.68. The molecule has 148 valence electrons. The normalized spacial score (nSPS) is 21.1. The second kappa shape index (κ2) is 7.46. The second-order valence-corrected chi connectivity index (χ2v) is 7.84. The lowest BCUT2D eigenvalue weighted by Gasteiger charge is -2.53. The predicted molar refractivity (Wildman–Crippen MR) is 103 cm³/mol. The van der Waals surface area contributed by atoms with Gasteiger partial charge >= 0.3 is 5.57 Å². The van der Waals surface area contributed by atoms with Crippen LogP contribution in [-0.4, -0.2) is 41.8 Å². The fourth-order valence-electron chi connectivity index (χ4n) is 3.37. The van der Waals surface area contributed by atoms with Crippen molar-refractivity contribution in [1.29, 1.82) is 0 Å². The number of rotatable bonds is 5. The number of nitrogens with one attached hydrogen (secondary N) is 1. The number of morpholine rings is 1. The molecule has 2 unspecified atom stereocenters. The number of anilines is 2. The lowest BCUT2D eigenvalue weighted by atomic mass is 9.91. The predicted octanol–water partition coefficient (Wildman–Crippen LogP) is 4.24. The molecule has 1 aromatic heterocycles. The first-order valence-electron chi connectivity index (χ1n) is 8.49. The van der Waals surface area contributed by atoms with Crippen LogP contribution >= 0.6 is 27.5 Å². The third-order valence-electron chi connectivity index (χ3n) is 4.63. The molecule has 2 saturated heterocycles. The maximum Gasteiger partial charge on any atom is 0.487 e. The summed E-state index contributed by atoms with van der Waals surface area (Å²) in [6, 6.07) is 7.80. The molecule has 2 aliphatic rings. The molecule has 2 aromatic rings. The van der Waals surface area contributed by atoms with E-state index in [1.54, 1.807) is 6.07 Å². The molecule has 10 heteroatoms. The van der Waals surface area contributed by atoms with Crippen LogP contribution in [0.5, 0.6) is 5.75 Å². The zero-order valence-electron chi connectivity index (χ0n) is 14.4. The Kier molecular flexibility index (Phi) is 5.15. The molecule has 1 N–H and O–H groups in total. The maximum atomic E-state index is 12.6. The van der Waals surface area contributed by atoms with E-state index >= 15 is 0 Å². The molecule has 1 aromatic carbocycles. The van der Waals surface area contributed by atoms with Gasteiger partial charge in [-0.1, -0.05) is 0 Å². The number of halogens is 4. The molecule has 0 aliphatic carbocycles. The number of pyridine rings is 1. The zero-order chi connectivity index (χ0) is 19.9. The van der Waals surface area contributed by atoms with E-state index in [9.17, 15) is 13.6 Å². The summed E-state index contributed by atoms with van der Waals surface area (Å²) in [5.74, 6) is 0.309. The molecule has 2 aliphatic heterocycles. The molecule has 2 bridgehead atoms. The smallest absolute Gasteiger partial charge is 0.420 e. The van der Waals surface area contributed by atoms with Crippen molar-refractivity contribution in [1.82, 2.24) is 4.98 Å². The van der Waals surface area contributed by atoms with Gasteiger partial charge < -0.3 is 19.7 Å². The highest BCUT2D eigenvalue weighted by Gasteiger charge is 2.43. The van der Waals surface area contributed by atoms with Gasteiger partial charge in [0, 0.05) is 23.5 Å². The van der Waals surface area contributed by atoms with Crippen molar-refractivity contribution in [2.75, 3.05) is 23.4 Å². The van der Waals surface area contributed by atoms with Crippen molar-refractivity contribution in [2.24, 2.45) is 0 Å².